The molecule has 0 fully saturated rings. The van der Waals surface area contributed by atoms with Crippen molar-refractivity contribution < 1.29 is 55.5 Å². The minimum absolute atomic E-state index is 0. The largest absolute Gasteiger partial charge is 1.00 e. The van der Waals surface area contributed by atoms with Crippen LogP contribution >= 0.6 is 0 Å². The predicted molar refractivity (Wildman–Crippen MR) is 133 cm³/mol. The van der Waals surface area contributed by atoms with E-state index in [0.29, 0.717) is 0 Å². The van der Waals surface area contributed by atoms with E-state index in [2.05, 4.69) is 6.92 Å². The van der Waals surface area contributed by atoms with Gasteiger partial charge in [0.15, 0.2) is 0 Å². The summed E-state index contributed by atoms with van der Waals surface area (Å²) in [6.45, 7) is 2.27. The van der Waals surface area contributed by atoms with Crippen LogP contribution in [0.3, 0.4) is 0 Å². The maximum atomic E-state index is 10.3. The molecule has 0 aliphatic heterocycles. The maximum Gasteiger partial charge on any atom is 1.00 e. The molecule has 2 aromatic carbocycles. The van der Waals surface area contributed by atoms with Gasteiger partial charge in [-0.1, -0.05) is 94.7 Å². The fraction of sp³-hybridized carbons (Fsp3) is 0.500. The molecule has 0 amide bonds. The van der Waals surface area contributed by atoms with Crippen molar-refractivity contribution in [1.29, 1.82) is 0 Å². The summed E-state index contributed by atoms with van der Waals surface area (Å²) in [7, 11) is -8.51. The van der Waals surface area contributed by atoms with Gasteiger partial charge in [0.25, 0.3) is 0 Å². The quantitative estimate of drug-likeness (QED) is 0.178. The zero-order chi connectivity index (χ0) is 25.0. The Bertz CT molecular complexity index is 844. The third kappa shape index (κ3) is 20.9. The second-order valence-corrected chi connectivity index (χ2v) is 10.6. The molecule has 0 bridgehead atoms. The zero-order valence-corrected chi connectivity index (χ0v) is 24.7. The molecular formula is C24H35NaO6S3. The number of hydrogen-bond donors (Lipinski definition) is 0. The third-order valence-corrected chi connectivity index (χ3v) is 6.55. The topological polar surface area (TPSA) is 114 Å². The van der Waals surface area contributed by atoms with Crippen LogP contribution in [0.2, 0.25) is 0 Å². The smallest absolute Gasteiger partial charge is 0.744 e. The van der Waals surface area contributed by atoms with Crippen molar-refractivity contribution >= 4 is 32.9 Å². The van der Waals surface area contributed by atoms with E-state index in [1.165, 1.54) is 113 Å². The fourth-order valence-corrected chi connectivity index (χ4v) is 3.95. The number of unbranched alkanes of at least 4 members (excludes halogenated alkanes) is 9. The monoisotopic (exact) mass is 538 g/mol. The van der Waals surface area contributed by atoms with Crippen LogP contribution < -0.4 is 29.6 Å². The van der Waals surface area contributed by atoms with Crippen molar-refractivity contribution in [3.05, 3.63) is 60.7 Å². The van der Waals surface area contributed by atoms with Gasteiger partial charge in [-0.2, -0.15) is 0 Å². The Balaban J connectivity index is 0. The van der Waals surface area contributed by atoms with Gasteiger partial charge in [0.2, 0.25) is 5.75 Å². The van der Waals surface area contributed by atoms with E-state index in [-0.39, 0.29) is 39.3 Å². The van der Waals surface area contributed by atoms with Crippen LogP contribution in [0.15, 0.2) is 70.5 Å². The average molecular weight is 539 g/mol. The first-order chi connectivity index (χ1) is 15.6. The molecule has 6 nitrogen and oxygen atoms in total. The minimum atomic E-state index is -4.25. The molecule has 0 aromatic heterocycles. The Morgan fingerprint density at radius 1 is 0.588 bits per heavy atom. The molecule has 10 heteroatoms. The van der Waals surface area contributed by atoms with Crippen LogP contribution in [0.25, 0.3) is 0 Å². The Morgan fingerprint density at radius 3 is 1.12 bits per heavy atom. The summed E-state index contributed by atoms with van der Waals surface area (Å²) >= 11 is 4.90. The van der Waals surface area contributed by atoms with E-state index in [0.717, 1.165) is 5.75 Å². The summed E-state index contributed by atoms with van der Waals surface area (Å²) in [5.41, 5.74) is 0. The Morgan fingerprint density at radius 2 is 0.882 bits per heavy atom. The number of rotatable bonds is 12. The van der Waals surface area contributed by atoms with Gasteiger partial charge in [0.1, 0.15) is 20.2 Å². The van der Waals surface area contributed by atoms with Gasteiger partial charge in [-0.25, -0.2) is 16.8 Å². The van der Waals surface area contributed by atoms with E-state index < -0.39 is 20.2 Å². The van der Waals surface area contributed by atoms with Crippen molar-refractivity contribution in [3.63, 3.8) is 0 Å². The first-order valence-corrected chi connectivity index (χ1v) is 14.6. The number of benzene rings is 2. The summed E-state index contributed by atoms with van der Waals surface area (Å²) in [6, 6.07) is 14.4. The summed E-state index contributed by atoms with van der Waals surface area (Å²) in [6.07, 6.45) is 14.0. The zero-order valence-electron chi connectivity index (χ0n) is 20.2. The molecule has 0 atom stereocenters. The molecule has 34 heavy (non-hydrogen) atoms. The molecule has 0 saturated heterocycles. The van der Waals surface area contributed by atoms with E-state index in [9.17, 15) is 25.9 Å². The molecular weight excluding hydrogens is 503 g/mol. The molecule has 2 aromatic rings. The summed E-state index contributed by atoms with van der Waals surface area (Å²) < 4.78 is 61.7. The van der Waals surface area contributed by atoms with Gasteiger partial charge < -0.3 is 9.11 Å². The van der Waals surface area contributed by atoms with Crippen LogP contribution in [0.5, 0.6) is 0 Å². The minimum Gasteiger partial charge on any atom is -0.744 e. The maximum absolute atomic E-state index is 10.3. The van der Waals surface area contributed by atoms with Crippen LogP contribution in [0.4, 0.5) is 0 Å². The standard InChI is InChI=1S/C12H25S.2C6H6O3S.Na/c1-2-3-4-5-6-7-8-9-10-11-12-13;2*7-10(8,9)6-4-2-1-3-5-6;/h2-12H2,1H3;2*1-5H,(H,7,8,9);/q+1;;;+1/p-2. The molecule has 2 rings (SSSR count). The van der Waals surface area contributed by atoms with Crippen LogP contribution in [-0.4, -0.2) is 31.7 Å². The molecule has 0 heterocycles. The van der Waals surface area contributed by atoms with Gasteiger partial charge in [-0.05, 0) is 30.7 Å². The second-order valence-electron chi connectivity index (χ2n) is 7.42. The van der Waals surface area contributed by atoms with Crippen LogP contribution in [-0.2, 0) is 32.9 Å². The van der Waals surface area contributed by atoms with Gasteiger partial charge in [-0.3, -0.25) is 0 Å². The summed E-state index contributed by atoms with van der Waals surface area (Å²) in [5, 5.41) is 0. The van der Waals surface area contributed by atoms with Gasteiger partial charge in [0, 0.05) is 6.42 Å². The van der Waals surface area contributed by atoms with Crippen molar-refractivity contribution in [3.8, 4) is 0 Å². The van der Waals surface area contributed by atoms with Crippen LogP contribution in [0, 0.1) is 0 Å². The molecule has 0 unspecified atom stereocenters. The van der Waals surface area contributed by atoms with Crippen LogP contribution in [0.1, 0.15) is 71.1 Å². The fourth-order valence-electron chi connectivity index (χ4n) is 2.76. The van der Waals surface area contributed by atoms with Gasteiger partial charge >= 0.3 is 42.2 Å². The first kappa shape index (κ1) is 35.8. The predicted octanol–water partition coefficient (Wildman–Crippen LogP) is 2.64. The Hall–Kier alpha value is -0.390. The average Bonchev–Trinajstić information content (AvgIpc) is 2.79. The molecule has 2 radical (unpaired) electrons. The van der Waals surface area contributed by atoms with E-state index in [1.54, 1.807) is 12.1 Å². The van der Waals surface area contributed by atoms with E-state index >= 15 is 0 Å². The van der Waals surface area contributed by atoms with E-state index in [1.807, 2.05) is 0 Å². The normalized spacial score (nSPS) is 10.7. The third-order valence-electron chi connectivity index (χ3n) is 4.56. The molecule has 0 saturated carbocycles. The molecule has 0 aliphatic rings. The first-order valence-electron chi connectivity index (χ1n) is 11.2. The Labute approximate surface area is 234 Å². The molecule has 0 aliphatic carbocycles. The summed E-state index contributed by atoms with van der Waals surface area (Å²) in [4.78, 5) is -0.370. The van der Waals surface area contributed by atoms with Crippen molar-refractivity contribution in [2.75, 3.05) is 5.75 Å². The van der Waals surface area contributed by atoms with Gasteiger partial charge in [-0.15, -0.1) is 0 Å². The second kappa shape index (κ2) is 21.9. The number of hydrogen-bond acceptors (Lipinski definition) is 6. The molecule has 0 spiro atoms. The molecule has 186 valence electrons. The van der Waals surface area contributed by atoms with Gasteiger partial charge in [0.05, 0.1) is 9.79 Å². The SMILES string of the molecule is CCCCCCCCCCCC[S+].O=S(=O)([O-])c1ccccc1.O=S(=O)([O-])c1ccccc1.[Na+]. The summed E-state index contributed by atoms with van der Waals surface area (Å²) in [5.74, 6) is 0.955. The van der Waals surface area contributed by atoms with E-state index in [4.69, 9.17) is 12.6 Å². The van der Waals surface area contributed by atoms with Crippen molar-refractivity contribution in [1.82, 2.24) is 0 Å². The molecule has 0 N–H and O–H groups in total. The Kier molecular flexibility index (Phi) is 23.0. The van der Waals surface area contributed by atoms with Crippen molar-refractivity contribution in [2.24, 2.45) is 0 Å². The van der Waals surface area contributed by atoms with Crippen molar-refractivity contribution in [2.45, 2.75) is 80.9 Å².